The lowest BCUT2D eigenvalue weighted by Gasteiger charge is -2.36. The summed E-state index contributed by atoms with van der Waals surface area (Å²) in [5.41, 5.74) is 2.69. The summed E-state index contributed by atoms with van der Waals surface area (Å²) < 4.78 is 1.22. The zero-order chi connectivity index (χ0) is 13.9. The third-order valence-corrected chi connectivity index (χ3v) is 5.08. The Labute approximate surface area is 130 Å². The molecule has 1 aromatic rings. The Morgan fingerprint density at radius 3 is 2.55 bits per heavy atom. The standard InChI is InChI=1S/C16H24BrN3/c1-2-18-12-13-3-4-15(11-16(13)17)20-9-7-19(8-10-20)14-5-6-14/h3-4,11,14,18H,2,5-10,12H2,1H3. The van der Waals surface area contributed by atoms with Crippen LogP contribution in [0.25, 0.3) is 0 Å². The quantitative estimate of drug-likeness (QED) is 0.891. The minimum atomic E-state index is 0.909. The lowest BCUT2D eigenvalue weighted by Crippen LogP contribution is -2.47. The molecule has 3 rings (SSSR count). The molecule has 20 heavy (non-hydrogen) atoms. The summed E-state index contributed by atoms with van der Waals surface area (Å²) in [7, 11) is 0. The molecule has 2 fully saturated rings. The third-order valence-electron chi connectivity index (χ3n) is 4.34. The van der Waals surface area contributed by atoms with E-state index in [0.717, 1.165) is 32.2 Å². The molecule has 0 spiro atoms. The van der Waals surface area contributed by atoms with E-state index in [-0.39, 0.29) is 0 Å². The van der Waals surface area contributed by atoms with Crippen molar-refractivity contribution in [2.45, 2.75) is 32.4 Å². The van der Waals surface area contributed by atoms with Crippen LogP contribution in [0.3, 0.4) is 0 Å². The summed E-state index contributed by atoms with van der Waals surface area (Å²) in [6, 6.07) is 7.70. The monoisotopic (exact) mass is 337 g/mol. The van der Waals surface area contributed by atoms with E-state index in [0.29, 0.717) is 0 Å². The smallest absolute Gasteiger partial charge is 0.0378 e. The molecule has 1 aliphatic heterocycles. The van der Waals surface area contributed by atoms with E-state index in [1.807, 2.05) is 0 Å². The maximum absolute atomic E-state index is 3.71. The lowest BCUT2D eigenvalue weighted by molar-refractivity contribution is 0.248. The number of nitrogens with zero attached hydrogens (tertiary/aromatic N) is 2. The second-order valence-electron chi connectivity index (χ2n) is 5.81. The topological polar surface area (TPSA) is 18.5 Å². The van der Waals surface area contributed by atoms with Crippen molar-refractivity contribution in [2.75, 3.05) is 37.6 Å². The number of hydrogen-bond acceptors (Lipinski definition) is 3. The van der Waals surface area contributed by atoms with E-state index in [9.17, 15) is 0 Å². The molecule has 110 valence electrons. The van der Waals surface area contributed by atoms with Crippen LogP contribution in [0.5, 0.6) is 0 Å². The minimum Gasteiger partial charge on any atom is -0.369 e. The fourth-order valence-corrected chi connectivity index (χ4v) is 3.43. The van der Waals surface area contributed by atoms with Gasteiger partial charge in [-0.25, -0.2) is 0 Å². The first-order valence-corrected chi connectivity index (χ1v) is 8.55. The summed E-state index contributed by atoms with van der Waals surface area (Å²) in [6.07, 6.45) is 2.84. The maximum atomic E-state index is 3.71. The van der Waals surface area contributed by atoms with Crippen molar-refractivity contribution in [3.8, 4) is 0 Å². The molecule has 0 atom stereocenters. The zero-order valence-corrected chi connectivity index (χ0v) is 13.8. The number of anilines is 1. The highest BCUT2D eigenvalue weighted by atomic mass is 79.9. The molecule has 0 aromatic heterocycles. The fraction of sp³-hybridized carbons (Fsp3) is 0.625. The van der Waals surface area contributed by atoms with Gasteiger partial charge in [0.15, 0.2) is 0 Å². The number of hydrogen-bond donors (Lipinski definition) is 1. The van der Waals surface area contributed by atoms with E-state index >= 15 is 0 Å². The molecule has 1 aliphatic carbocycles. The predicted molar refractivity (Wildman–Crippen MR) is 88.3 cm³/mol. The molecule has 0 amide bonds. The Kier molecular flexibility index (Phi) is 4.64. The van der Waals surface area contributed by atoms with Crippen LogP contribution in [-0.2, 0) is 6.54 Å². The van der Waals surface area contributed by atoms with Gasteiger partial charge in [-0.1, -0.05) is 28.9 Å². The van der Waals surface area contributed by atoms with Gasteiger partial charge in [0.25, 0.3) is 0 Å². The molecule has 2 aliphatic rings. The van der Waals surface area contributed by atoms with Crippen molar-refractivity contribution >= 4 is 21.6 Å². The first-order chi connectivity index (χ1) is 9.78. The molecule has 1 saturated carbocycles. The van der Waals surface area contributed by atoms with Gasteiger partial charge in [0.1, 0.15) is 0 Å². The number of piperazine rings is 1. The first kappa shape index (κ1) is 14.4. The van der Waals surface area contributed by atoms with Gasteiger partial charge in [-0.15, -0.1) is 0 Å². The molecule has 0 unspecified atom stereocenters. The molecular formula is C16H24BrN3. The van der Waals surface area contributed by atoms with Gasteiger partial charge in [0, 0.05) is 48.9 Å². The van der Waals surface area contributed by atoms with Crippen LogP contribution in [0.1, 0.15) is 25.3 Å². The van der Waals surface area contributed by atoms with Crippen LogP contribution in [0.4, 0.5) is 5.69 Å². The van der Waals surface area contributed by atoms with Crippen LogP contribution in [0.2, 0.25) is 0 Å². The second-order valence-corrected chi connectivity index (χ2v) is 6.66. The number of rotatable bonds is 5. The largest absolute Gasteiger partial charge is 0.369 e. The summed E-state index contributed by atoms with van der Waals surface area (Å²) in [6.45, 7) is 8.86. The first-order valence-electron chi connectivity index (χ1n) is 7.76. The normalized spacial score (nSPS) is 20.4. The van der Waals surface area contributed by atoms with Crippen LogP contribution >= 0.6 is 15.9 Å². The molecule has 1 heterocycles. The van der Waals surface area contributed by atoms with E-state index in [1.165, 1.54) is 41.7 Å². The molecule has 1 N–H and O–H groups in total. The van der Waals surface area contributed by atoms with Crippen molar-refractivity contribution in [3.05, 3.63) is 28.2 Å². The maximum Gasteiger partial charge on any atom is 0.0378 e. The van der Waals surface area contributed by atoms with Gasteiger partial charge in [-0.2, -0.15) is 0 Å². The van der Waals surface area contributed by atoms with E-state index in [1.54, 1.807) is 0 Å². The molecule has 0 bridgehead atoms. The van der Waals surface area contributed by atoms with Crippen LogP contribution in [-0.4, -0.2) is 43.7 Å². The molecule has 3 nitrogen and oxygen atoms in total. The summed E-state index contributed by atoms with van der Waals surface area (Å²) >= 11 is 3.71. The van der Waals surface area contributed by atoms with Crippen molar-refractivity contribution in [3.63, 3.8) is 0 Å². The van der Waals surface area contributed by atoms with E-state index in [2.05, 4.69) is 56.2 Å². The van der Waals surface area contributed by atoms with Crippen molar-refractivity contribution < 1.29 is 0 Å². The molecule has 4 heteroatoms. The Morgan fingerprint density at radius 2 is 1.95 bits per heavy atom. The average molecular weight is 338 g/mol. The van der Waals surface area contributed by atoms with Crippen molar-refractivity contribution in [1.82, 2.24) is 10.2 Å². The Bertz CT molecular complexity index is 451. The highest BCUT2D eigenvalue weighted by Crippen LogP contribution is 2.29. The average Bonchev–Trinajstić information content (AvgIpc) is 3.31. The third kappa shape index (κ3) is 3.35. The number of nitrogens with one attached hydrogen (secondary N) is 1. The minimum absolute atomic E-state index is 0.909. The van der Waals surface area contributed by atoms with E-state index < -0.39 is 0 Å². The lowest BCUT2D eigenvalue weighted by atomic mass is 10.1. The predicted octanol–water partition coefficient (Wildman–Crippen LogP) is 2.84. The molecule has 1 aromatic carbocycles. The second kappa shape index (κ2) is 6.46. The zero-order valence-electron chi connectivity index (χ0n) is 12.2. The van der Waals surface area contributed by atoms with Gasteiger partial charge < -0.3 is 10.2 Å². The molecule has 0 radical (unpaired) electrons. The van der Waals surface area contributed by atoms with Gasteiger partial charge in [0.2, 0.25) is 0 Å². The number of halogens is 1. The van der Waals surface area contributed by atoms with Gasteiger partial charge >= 0.3 is 0 Å². The van der Waals surface area contributed by atoms with Crippen LogP contribution in [0, 0.1) is 0 Å². The van der Waals surface area contributed by atoms with Crippen molar-refractivity contribution in [1.29, 1.82) is 0 Å². The number of benzene rings is 1. The fourth-order valence-electron chi connectivity index (χ4n) is 2.92. The summed E-state index contributed by atoms with van der Waals surface area (Å²) in [4.78, 5) is 5.17. The Hall–Kier alpha value is -0.580. The van der Waals surface area contributed by atoms with Crippen molar-refractivity contribution in [2.24, 2.45) is 0 Å². The molecular weight excluding hydrogens is 314 g/mol. The summed E-state index contributed by atoms with van der Waals surface area (Å²) in [5.74, 6) is 0. The Morgan fingerprint density at radius 1 is 1.20 bits per heavy atom. The highest BCUT2D eigenvalue weighted by Gasteiger charge is 2.31. The van der Waals surface area contributed by atoms with Gasteiger partial charge in [-0.05, 0) is 37.1 Å². The van der Waals surface area contributed by atoms with Crippen LogP contribution < -0.4 is 10.2 Å². The SMILES string of the molecule is CCNCc1ccc(N2CCN(C3CC3)CC2)cc1Br. The summed E-state index contributed by atoms with van der Waals surface area (Å²) in [5, 5.41) is 3.38. The van der Waals surface area contributed by atoms with E-state index in [4.69, 9.17) is 0 Å². The van der Waals surface area contributed by atoms with Gasteiger partial charge in [0.05, 0.1) is 0 Å². The van der Waals surface area contributed by atoms with Crippen LogP contribution in [0.15, 0.2) is 22.7 Å². The Balaban J connectivity index is 1.61. The highest BCUT2D eigenvalue weighted by molar-refractivity contribution is 9.10. The van der Waals surface area contributed by atoms with Gasteiger partial charge in [-0.3, -0.25) is 4.90 Å². The molecule has 1 saturated heterocycles.